The van der Waals surface area contributed by atoms with Crippen LogP contribution in [-0.4, -0.2) is 22.6 Å². The average molecular weight is 242 g/mol. The van der Waals surface area contributed by atoms with E-state index < -0.39 is 23.5 Å². The first-order valence-corrected chi connectivity index (χ1v) is 5.69. The van der Waals surface area contributed by atoms with E-state index in [1.165, 1.54) is 0 Å². The Kier molecular flexibility index (Phi) is 5.39. The zero-order chi connectivity index (χ0) is 13.8. The summed E-state index contributed by atoms with van der Waals surface area (Å²) in [4.78, 5) is 22.8. The molecule has 17 heavy (non-hydrogen) atoms. The standard InChI is InChI=1S/C13H22O4/c1-8(2)7-10(11(14)15)9(3)12(16)17-13(4,5)6/h8,10H,3,7H2,1-2,4-6H3,(H,14,15)/t10-/m1/s1. The Morgan fingerprint density at radius 2 is 1.76 bits per heavy atom. The molecule has 0 aromatic rings. The summed E-state index contributed by atoms with van der Waals surface area (Å²) in [6.07, 6.45) is 0.382. The topological polar surface area (TPSA) is 63.6 Å². The summed E-state index contributed by atoms with van der Waals surface area (Å²) in [5.74, 6) is -2.36. The van der Waals surface area contributed by atoms with Crippen LogP contribution in [0.2, 0.25) is 0 Å². The van der Waals surface area contributed by atoms with Gasteiger partial charge in [-0.15, -0.1) is 0 Å². The first-order chi connectivity index (χ1) is 7.54. The summed E-state index contributed by atoms with van der Waals surface area (Å²) in [6, 6.07) is 0. The molecule has 4 nitrogen and oxygen atoms in total. The van der Waals surface area contributed by atoms with Gasteiger partial charge in [0, 0.05) is 5.57 Å². The minimum Gasteiger partial charge on any atom is -0.481 e. The molecule has 0 amide bonds. The molecule has 4 heteroatoms. The first kappa shape index (κ1) is 15.7. The summed E-state index contributed by atoms with van der Waals surface area (Å²) in [5, 5.41) is 9.07. The number of aliphatic carboxylic acids is 1. The third-order valence-corrected chi connectivity index (χ3v) is 2.09. The third kappa shape index (κ3) is 6.09. The van der Waals surface area contributed by atoms with Crippen LogP contribution >= 0.6 is 0 Å². The monoisotopic (exact) mass is 242 g/mol. The Balaban J connectivity index is 4.74. The molecular formula is C13H22O4. The second-order valence-corrected chi connectivity index (χ2v) is 5.55. The third-order valence-electron chi connectivity index (χ3n) is 2.09. The number of carboxylic acids is 1. The Bertz CT molecular complexity index is 310. The molecule has 0 aliphatic heterocycles. The molecular weight excluding hydrogens is 220 g/mol. The van der Waals surface area contributed by atoms with Gasteiger partial charge >= 0.3 is 11.9 Å². The number of ether oxygens (including phenoxy) is 1. The molecule has 0 fully saturated rings. The van der Waals surface area contributed by atoms with Gasteiger partial charge in [-0.2, -0.15) is 0 Å². The molecule has 0 heterocycles. The lowest BCUT2D eigenvalue weighted by Gasteiger charge is -2.23. The van der Waals surface area contributed by atoms with Crippen molar-refractivity contribution in [1.29, 1.82) is 0 Å². The predicted molar refractivity (Wildman–Crippen MR) is 65.6 cm³/mol. The van der Waals surface area contributed by atoms with Crippen LogP contribution < -0.4 is 0 Å². The van der Waals surface area contributed by atoms with Gasteiger partial charge in [0.2, 0.25) is 0 Å². The molecule has 0 rings (SSSR count). The van der Waals surface area contributed by atoms with Gasteiger partial charge < -0.3 is 9.84 Å². The van der Waals surface area contributed by atoms with Gasteiger partial charge in [0.25, 0.3) is 0 Å². The van der Waals surface area contributed by atoms with Gasteiger partial charge in [0.1, 0.15) is 5.60 Å². The van der Waals surface area contributed by atoms with Gasteiger partial charge in [-0.3, -0.25) is 4.79 Å². The normalized spacial score (nSPS) is 13.3. The highest BCUT2D eigenvalue weighted by atomic mass is 16.6. The van der Waals surface area contributed by atoms with Crippen LogP contribution in [0.1, 0.15) is 41.0 Å². The lowest BCUT2D eigenvalue weighted by Crippen LogP contribution is -2.29. The fourth-order valence-electron chi connectivity index (χ4n) is 1.35. The minimum atomic E-state index is -1.03. The van der Waals surface area contributed by atoms with Crippen molar-refractivity contribution in [3.05, 3.63) is 12.2 Å². The van der Waals surface area contributed by atoms with Crippen molar-refractivity contribution in [3.8, 4) is 0 Å². The van der Waals surface area contributed by atoms with Crippen LogP contribution in [0, 0.1) is 11.8 Å². The van der Waals surface area contributed by atoms with Gasteiger partial charge in [-0.1, -0.05) is 20.4 Å². The molecule has 98 valence electrons. The number of rotatable bonds is 5. The molecule has 0 unspecified atom stereocenters. The quantitative estimate of drug-likeness (QED) is 0.594. The molecule has 0 aliphatic rings. The Morgan fingerprint density at radius 3 is 2.06 bits per heavy atom. The molecule has 0 radical (unpaired) electrons. The van der Waals surface area contributed by atoms with Crippen LogP contribution in [-0.2, 0) is 14.3 Å². The van der Waals surface area contributed by atoms with Gasteiger partial charge in [0.15, 0.2) is 0 Å². The average Bonchev–Trinajstić information content (AvgIpc) is 2.09. The highest BCUT2D eigenvalue weighted by Crippen LogP contribution is 2.22. The summed E-state index contributed by atoms with van der Waals surface area (Å²) >= 11 is 0. The molecule has 1 atom stereocenters. The van der Waals surface area contributed by atoms with E-state index in [4.69, 9.17) is 9.84 Å². The van der Waals surface area contributed by atoms with Crippen LogP contribution in [0.3, 0.4) is 0 Å². The van der Waals surface area contributed by atoms with E-state index >= 15 is 0 Å². The lowest BCUT2D eigenvalue weighted by atomic mass is 9.91. The van der Waals surface area contributed by atoms with Crippen molar-refractivity contribution in [1.82, 2.24) is 0 Å². The molecule has 0 saturated carbocycles. The van der Waals surface area contributed by atoms with Crippen molar-refractivity contribution in [2.45, 2.75) is 46.6 Å². The van der Waals surface area contributed by atoms with Crippen LogP contribution in [0.4, 0.5) is 0 Å². The fraction of sp³-hybridized carbons (Fsp3) is 0.692. The molecule has 1 N–H and O–H groups in total. The lowest BCUT2D eigenvalue weighted by molar-refractivity contribution is -0.153. The number of hydrogen-bond acceptors (Lipinski definition) is 3. The minimum absolute atomic E-state index is 0.0149. The smallest absolute Gasteiger partial charge is 0.334 e. The highest BCUT2D eigenvalue weighted by Gasteiger charge is 2.29. The van der Waals surface area contributed by atoms with Crippen molar-refractivity contribution in [3.63, 3.8) is 0 Å². The van der Waals surface area contributed by atoms with E-state index in [1.807, 2.05) is 13.8 Å². The Morgan fingerprint density at radius 1 is 1.29 bits per heavy atom. The molecule has 0 bridgehead atoms. The summed E-state index contributed by atoms with van der Waals surface area (Å²) in [6.45, 7) is 12.6. The maximum atomic E-state index is 11.7. The van der Waals surface area contributed by atoms with Crippen molar-refractivity contribution >= 4 is 11.9 Å². The molecule has 0 aromatic heterocycles. The van der Waals surface area contributed by atoms with E-state index in [-0.39, 0.29) is 11.5 Å². The zero-order valence-corrected chi connectivity index (χ0v) is 11.2. The molecule has 0 saturated heterocycles. The number of hydrogen-bond donors (Lipinski definition) is 1. The van der Waals surface area contributed by atoms with Crippen molar-refractivity contribution in [2.75, 3.05) is 0 Å². The van der Waals surface area contributed by atoms with Crippen LogP contribution in [0.5, 0.6) is 0 Å². The summed E-state index contributed by atoms with van der Waals surface area (Å²) in [7, 11) is 0. The number of carbonyl (C=O) groups is 2. The summed E-state index contributed by atoms with van der Waals surface area (Å²) in [5.41, 5.74) is -0.623. The molecule has 0 spiro atoms. The largest absolute Gasteiger partial charge is 0.481 e. The predicted octanol–water partition coefficient (Wildman–Crippen LogP) is 2.63. The van der Waals surface area contributed by atoms with E-state index in [1.54, 1.807) is 20.8 Å². The van der Waals surface area contributed by atoms with Crippen molar-refractivity contribution in [2.24, 2.45) is 11.8 Å². The number of carboxylic acid groups (broad SMARTS) is 1. The van der Waals surface area contributed by atoms with E-state index in [0.717, 1.165) is 0 Å². The SMILES string of the molecule is C=C(C(=O)OC(C)(C)C)[C@@H](CC(C)C)C(=O)O. The fourth-order valence-corrected chi connectivity index (χ4v) is 1.35. The Hall–Kier alpha value is -1.32. The van der Waals surface area contributed by atoms with E-state index in [0.29, 0.717) is 6.42 Å². The maximum Gasteiger partial charge on any atom is 0.334 e. The summed E-state index contributed by atoms with van der Waals surface area (Å²) < 4.78 is 5.11. The van der Waals surface area contributed by atoms with Crippen molar-refractivity contribution < 1.29 is 19.4 Å². The maximum absolute atomic E-state index is 11.7. The van der Waals surface area contributed by atoms with Crippen LogP contribution in [0.15, 0.2) is 12.2 Å². The molecule has 0 aliphatic carbocycles. The van der Waals surface area contributed by atoms with Crippen LogP contribution in [0.25, 0.3) is 0 Å². The Labute approximate surface area is 103 Å². The number of carbonyl (C=O) groups excluding carboxylic acids is 1. The number of esters is 1. The van der Waals surface area contributed by atoms with Gasteiger partial charge in [0.05, 0.1) is 5.92 Å². The van der Waals surface area contributed by atoms with E-state index in [9.17, 15) is 9.59 Å². The highest BCUT2D eigenvalue weighted by molar-refractivity contribution is 5.94. The van der Waals surface area contributed by atoms with Gasteiger partial charge in [-0.05, 0) is 33.1 Å². The first-order valence-electron chi connectivity index (χ1n) is 5.69. The second-order valence-electron chi connectivity index (χ2n) is 5.55. The zero-order valence-electron chi connectivity index (χ0n) is 11.2. The van der Waals surface area contributed by atoms with Gasteiger partial charge in [-0.25, -0.2) is 4.79 Å². The second kappa shape index (κ2) is 5.84. The molecule has 0 aromatic carbocycles. The van der Waals surface area contributed by atoms with E-state index in [2.05, 4.69) is 6.58 Å².